The van der Waals surface area contributed by atoms with Crippen LogP contribution in [0, 0.1) is 0 Å². The molecule has 0 aliphatic rings. The predicted molar refractivity (Wildman–Crippen MR) is 98.5 cm³/mol. The molecule has 26 heavy (non-hydrogen) atoms. The van der Waals surface area contributed by atoms with Crippen molar-refractivity contribution in [3.8, 4) is 22.6 Å². The van der Waals surface area contributed by atoms with Crippen LogP contribution in [0.5, 0.6) is 11.5 Å². The molecule has 0 unspecified atom stereocenters. The Labute approximate surface area is 150 Å². The topological polar surface area (TPSA) is 80.0 Å². The Morgan fingerprint density at radius 3 is 2.46 bits per heavy atom. The molecule has 1 heterocycles. The summed E-state index contributed by atoms with van der Waals surface area (Å²) in [6.07, 6.45) is 0.921. The fourth-order valence-corrected chi connectivity index (χ4v) is 2.66. The van der Waals surface area contributed by atoms with Gasteiger partial charge in [-0.3, -0.25) is 4.79 Å². The van der Waals surface area contributed by atoms with E-state index in [0.29, 0.717) is 40.9 Å². The molecular weight excluding hydrogens is 334 g/mol. The number of ether oxygens (including phenoxy) is 1. The summed E-state index contributed by atoms with van der Waals surface area (Å²) in [6, 6.07) is 11.0. The fraction of sp³-hybridized carbons (Fsp3) is 0.200. The van der Waals surface area contributed by atoms with Gasteiger partial charge in [-0.2, -0.15) is 0 Å². The van der Waals surface area contributed by atoms with Gasteiger partial charge in [0, 0.05) is 19.2 Å². The van der Waals surface area contributed by atoms with Crippen LogP contribution in [-0.2, 0) is 0 Å². The first-order valence-electron chi connectivity index (χ1n) is 8.35. The van der Waals surface area contributed by atoms with Crippen molar-refractivity contribution in [1.82, 2.24) is 4.90 Å². The molecule has 0 fully saturated rings. The summed E-state index contributed by atoms with van der Waals surface area (Å²) in [4.78, 5) is 26.3. The minimum Gasteiger partial charge on any atom is -0.508 e. The highest BCUT2D eigenvalue weighted by atomic mass is 16.6. The third-order valence-electron chi connectivity index (χ3n) is 4.15. The van der Waals surface area contributed by atoms with Gasteiger partial charge in [0.15, 0.2) is 5.43 Å². The first-order chi connectivity index (χ1) is 12.5. The smallest absolute Gasteiger partial charge is 0.415 e. The average Bonchev–Trinajstić information content (AvgIpc) is 2.64. The lowest BCUT2D eigenvalue weighted by atomic mass is 10.1. The van der Waals surface area contributed by atoms with Crippen molar-refractivity contribution in [2.24, 2.45) is 0 Å². The van der Waals surface area contributed by atoms with Crippen LogP contribution in [0.3, 0.4) is 0 Å². The Bertz CT molecular complexity index is 987. The van der Waals surface area contributed by atoms with E-state index in [-0.39, 0.29) is 11.2 Å². The van der Waals surface area contributed by atoms with Gasteiger partial charge in [0.2, 0.25) is 0 Å². The zero-order valence-corrected chi connectivity index (χ0v) is 14.6. The van der Waals surface area contributed by atoms with Gasteiger partial charge in [0.1, 0.15) is 23.3 Å². The third-order valence-corrected chi connectivity index (χ3v) is 4.15. The van der Waals surface area contributed by atoms with Crippen molar-refractivity contribution >= 4 is 17.1 Å². The number of aromatic hydroxyl groups is 1. The largest absolute Gasteiger partial charge is 0.508 e. The minimum atomic E-state index is -0.447. The number of phenols is 1. The second kappa shape index (κ2) is 7.31. The van der Waals surface area contributed by atoms with Gasteiger partial charge in [-0.1, -0.05) is 12.1 Å². The van der Waals surface area contributed by atoms with Crippen molar-refractivity contribution in [2.75, 3.05) is 13.1 Å². The van der Waals surface area contributed by atoms with E-state index < -0.39 is 6.09 Å². The first-order valence-corrected chi connectivity index (χ1v) is 8.35. The van der Waals surface area contributed by atoms with Crippen LogP contribution in [0.1, 0.15) is 13.8 Å². The molecular formula is C20H19NO5. The Morgan fingerprint density at radius 2 is 1.81 bits per heavy atom. The highest BCUT2D eigenvalue weighted by molar-refractivity contribution is 5.83. The number of hydrogen-bond donors (Lipinski definition) is 1. The van der Waals surface area contributed by atoms with Gasteiger partial charge in [-0.25, -0.2) is 4.79 Å². The lowest BCUT2D eigenvalue weighted by molar-refractivity contribution is 0.157. The van der Waals surface area contributed by atoms with Crippen molar-refractivity contribution in [2.45, 2.75) is 13.8 Å². The van der Waals surface area contributed by atoms with E-state index in [2.05, 4.69) is 0 Å². The van der Waals surface area contributed by atoms with Gasteiger partial charge in [-0.15, -0.1) is 0 Å². The quantitative estimate of drug-likeness (QED) is 0.767. The van der Waals surface area contributed by atoms with Crippen LogP contribution >= 0.6 is 0 Å². The SMILES string of the molecule is CCN(CC)C(=O)Oc1ccc2c(=O)c(-c3ccc(O)cc3)coc2c1. The molecule has 6 nitrogen and oxygen atoms in total. The zero-order valence-electron chi connectivity index (χ0n) is 14.6. The van der Waals surface area contributed by atoms with Crippen molar-refractivity contribution in [1.29, 1.82) is 0 Å². The summed E-state index contributed by atoms with van der Waals surface area (Å²) in [5.74, 6) is 0.438. The molecule has 1 amide bonds. The van der Waals surface area contributed by atoms with E-state index in [4.69, 9.17) is 9.15 Å². The predicted octanol–water partition coefficient (Wildman–Crippen LogP) is 4.01. The van der Waals surface area contributed by atoms with E-state index in [1.54, 1.807) is 29.2 Å². The fourth-order valence-electron chi connectivity index (χ4n) is 2.66. The van der Waals surface area contributed by atoms with Crippen molar-refractivity contribution in [3.63, 3.8) is 0 Å². The average molecular weight is 353 g/mol. The lowest BCUT2D eigenvalue weighted by Crippen LogP contribution is -2.33. The van der Waals surface area contributed by atoms with Gasteiger partial charge >= 0.3 is 6.09 Å². The van der Waals surface area contributed by atoms with Crippen LogP contribution in [0.25, 0.3) is 22.1 Å². The van der Waals surface area contributed by atoms with Crippen LogP contribution in [0.15, 0.2) is 57.9 Å². The molecule has 134 valence electrons. The van der Waals surface area contributed by atoms with Crippen molar-refractivity contribution in [3.05, 3.63) is 59.0 Å². The first kappa shape index (κ1) is 17.5. The molecule has 0 spiro atoms. The van der Waals surface area contributed by atoms with E-state index in [0.717, 1.165) is 0 Å². The standard InChI is InChI=1S/C20H19NO5/c1-3-21(4-2)20(24)26-15-9-10-16-18(11-15)25-12-17(19(16)23)13-5-7-14(22)8-6-13/h5-12,22H,3-4H2,1-2H3. The molecule has 0 saturated heterocycles. The maximum Gasteiger partial charge on any atom is 0.415 e. The molecule has 0 aliphatic carbocycles. The molecule has 0 saturated carbocycles. The summed E-state index contributed by atoms with van der Waals surface area (Å²) >= 11 is 0. The van der Waals surface area contributed by atoms with Crippen LogP contribution in [0.4, 0.5) is 4.79 Å². The zero-order chi connectivity index (χ0) is 18.7. The molecule has 0 atom stereocenters. The van der Waals surface area contributed by atoms with E-state index in [9.17, 15) is 14.7 Å². The second-order valence-electron chi connectivity index (χ2n) is 5.72. The Hall–Kier alpha value is -3.28. The maximum atomic E-state index is 12.7. The molecule has 3 aromatic rings. The number of carbonyl (C=O) groups is 1. The second-order valence-corrected chi connectivity index (χ2v) is 5.72. The molecule has 3 rings (SSSR count). The van der Waals surface area contributed by atoms with E-state index in [1.165, 1.54) is 24.5 Å². The number of rotatable bonds is 4. The number of nitrogens with zero attached hydrogens (tertiary/aromatic N) is 1. The molecule has 6 heteroatoms. The molecule has 1 N–H and O–H groups in total. The van der Waals surface area contributed by atoms with Gasteiger partial charge in [0.25, 0.3) is 0 Å². The van der Waals surface area contributed by atoms with E-state index in [1.807, 2.05) is 13.8 Å². The summed E-state index contributed by atoms with van der Waals surface area (Å²) in [6.45, 7) is 4.84. The van der Waals surface area contributed by atoms with Gasteiger partial charge < -0.3 is 19.2 Å². The summed E-state index contributed by atoms with van der Waals surface area (Å²) < 4.78 is 10.9. The van der Waals surface area contributed by atoms with Crippen LogP contribution < -0.4 is 10.2 Å². The van der Waals surface area contributed by atoms with Crippen molar-refractivity contribution < 1.29 is 19.1 Å². The Kier molecular flexibility index (Phi) is 4.93. The number of benzene rings is 2. The Balaban J connectivity index is 1.95. The maximum absolute atomic E-state index is 12.7. The monoisotopic (exact) mass is 353 g/mol. The summed E-state index contributed by atoms with van der Waals surface area (Å²) in [7, 11) is 0. The summed E-state index contributed by atoms with van der Waals surface area (Å²) in [5.41, 5.74) is 1.18. The molecule has 0 bridgehead atoms. The van der Waals surface area contributed by atoms with Gasteiger partial charge in [0.05, 0.1) is 10.9 Å². The van der Waals surface area contributed by atoms with Crippen LogP contribution in [-0.4, -0.2) is 29.2 Å². The van der Waals surface area contributed by atoms with E-state index >= 15 is 0 Å². The number of phenolic OH excluding ortho intramolecular Hbond substituents is 1. The Morgan fingerprint density at radius 1 is 1.12 bits per heavy atom. The number of hydrogen-bond acceptors (Lipinski definition) is 5. The van der Waals surface area contributed by atoms with Gasteiger partial charge in [-0.05, 0) is 43.7 Å². The molecule has 2 aromatic carbocycles. The lowest BCUT2D eigenvalue weighted by Gasteiger charge is -2.17. The number of carbonyl (C=O) groups excluding carboxylic acids is 1. The highest BCUT2D eigenvalue weighted by Crippen LogP contribution is 2.24. The molecule has 1 aromatic heterocycles. The third kappa shape index (κ3) is 3.39. The summed E-state index contributed by atoms with van der Waals surface area (Å²) in [5, 5.41) is 9.76. The number of fused-ring (bicyclic) bond motifs is 1. The highest BCUT2D eigenvalue weighted by Gasteiger charge is 2.14. The number of amides is 1. The molecule has 0 aliphatic heterocycles. The normalized spacial score (nSPS) is 10.7. The molecule has 0 radical (unpaired) electrons. The van der Waals surface area contributed by atoms with Crippen LogP contribution in [0.2, 0.25) is 0 Å². The minimum absolute atomic E-state index is 0.124.